The van der Waals surface area contributed by atoms with Crippen LogP contribution in [0.15, 0.2) is 40.9 Å². The van der Waals surface area contributed by atoms with Crippen LogP contribution >= 0.6 is 27.5 Å². The zero-order valence-corrected chi connectivity index (χ0v) is 13.6. The first-order chi connectivity index (χ1) is 10.4. The normalized spacial score (nSPS) is 10.1. The van der Waals surface area contributed by atoms with Crippen molar-refractivity contribution in [1.82, 2.24) is 0 Å². The zero-order valence-electron chi connectivity index (χ0n) is 11.3. The van der Waals surface area contributed by atoms with Crippen LogP contribution < -0.4 is 5.32 Å². The van der Waals surface area contributed by atoms with Crippen LogP contribution in [0.2, 0.25) is 5.02 Å². The molecule has 0 aromatic heterocycles. The molecular weight excluding hydrogens is 376 g/mol. The number of anilines is 2. The molecule has 0 bridgehead atoms. The number of rotatable bonds is 4. The summed E-state index contributed by atoms with van der Waals surface area (Å²) in [4.78, 5) is 22.4. The van der Waals surface area contributed by atoms with Gasteiger partial charge in [-0.3, -0.25) is 10.1 Å². The molecule has 2 aromatic carbocycles. The number of nitrogens with zero attached hydrogens (tertiary/aromatic N) is 1. The number of hydrogen-bond donors (Lipinski definition) is 1. The van der Waals surface area contributed by atoms with Gasteiger partial charge >= 0.3 is 5.97 Å². The topological polar surface area (TPSA) is 81.5 Å². The number of nitro benzene ring substituents is 1. The lowest BCUT2D eigenvalue weighted by molar-refractivity contribution is -0.384. The Morgan fingerprint density at radius 1 is 1.27 bits per heavy atom. The Bertz CT molecular complexity index is 752. The molecule has 22 heavy (non-hydrogen) atoms. The number of benzene rings is 2. The van der Waals surface area contributed by atoms with Gasteiger partial charge in [-0.15, -0.1) is 0 Å². The second kappa shape index (κ2) is 6.76. The molecule has 0 atom stereocenters. The van der Waals surface area contributed by atoms with Gasteiger partial charge in [-0.05, 0) is 30.3 Å². The number of ether oxygens (including phenoxy) is 1. The van der Waals surface area contributed by atoms with Crippen LogP contribution in [0.25, 0.3) is 0 Å². The lowest BCUT2D eigenvalue weighted by Gasteiger charge is -2.11. The van der Waals surface area contributed by atoms with Crippen LogP contribution in [-0.4, -0.2) is 18.0 Å². The van der Waals surface area contributed by atoms with Gasteiger partial charge in [0.15, 0.2) is 0 Å². The fourth-order valence-electron chi connectivity index (χ4n) is 1.81. The summed E-state index contributed by atoms with van der Waals surface area (Å²) in [5, 5.41) is 14.4. The summed E-state index contributed by atoms with van der Waals surface area (Å²) >= 11 is 9.11. The number of esters is 1. The number of carbonyl (C=O) groups excluding carboxylic acids is 1. The molecule has 114 valence electrons. The molecule has 1 N–H and O–H groups in total. The number of halogens is 2. The highest BCUT2D eigenvalue weighted by Crippen LogP contribution is 2.32. The molecule has 6 nitrogen and oxygen atoms in total. The minimum absolute atomic E-state index is 0.134. The first-order valence-electron chi connectivity index (χ1n) is 6.01. The Labute approximate surface area is 139 Å². The van der Waals surface area contributed by atoms with Crippen molar-refractivity contribution in [3.8, 4) is 0 Å². The zero-order chi connectivity index (χ0) is 16.3. The molecule has 0 aliphatic rings. The van der Waals surface area contributed by atoms with Crippen molar-refractivity contribution in [3.63, 3.8) is 0 Å². The molecule has 0 unspecified atom stereocenters. The van der Waals surface area contributed by atoms with Gasteiger partial charge in [-0.25, -0.2) is 4.79 Å². The van der Waals surface area contributed by atoms with E-state index in [0.29, 0.717) is 15.2 Å². The van der Waals surface area contributed by atoms with Crippen molar-refractivity contribution in [2.45, 2.75) is 0 Å². The van der Waals surface area contributed by atoms with Gasteiger partial charge in [0.1, 0.15) is 5.69 Å². The average molecular weight is 386 g/mol. The lowest BCUT2D eigenvalue weighted by Crippen LogP contribution is -2.06. The molecule has 0 heterocycles. The van der Waals surface area contributed by atoms with Gasteiger partial charge in [0, 0.05) is 15.6 Å². The molecule has 0 radical (unpaired) electrons. The monoisotopic (exact) mass is 384 g/mol. The number of nitrogens with one attached hydrogen (secondary N) is 1. The van der Waals surface area contributed by atoms with E-state index in [1.165, 1.54) is 37.4 Å². The summed E-state index contributed by atoms with van der Waals surface area (Å²) in [7, 11) is 1.25. The van der Waals surface area contributed by atoms with E-state index in [0.717, 1.165) is 0 Å². The maximum absolute atomic E-state index is 11.8. The van der Waals surface area contributed by atoms with Crippen LogP contribution in [-0.2, 0) is 4.74 Å². The molecule has 0 spiro atoms. The fourth-order valence-corrected chi connectivity index (χ4v) is 2.34. The van der Waals surface area contributed by atoms with Crippen LogP contribution in [0, 0.1) is 10.1 Å². The summed E-state index contributed by atoms with van der Waals surface area (Å²) in [6, 6.07) is 9.07. The molecule has 0 saturated heterocycles. The van der Waals surface area contributed by atoms with E-state index in [4.69, 9.17) is 11.6 Å². The van der Waals surface area contributed by atoms with E-state index in [1.807, 2.05) is 0 Å². The highest BCUT2D eigenvalue weighted by Gasteiger charge is 2.18. The van der Waals surface area contributed by atoms with Crippen molar-refractivity contribution in [1.29, 1.82) is 0 Å². The smallest absolute Gasteiger partial charge is 0.339 e. The van der Waals surface area contributed by atoms with Gasteiger partial charge in [-0.2, -0.15) is 0 Å². The number of nitro groups is 1. The number of methoxy groups -OCH3 is 1. The van der Waals surface area contributed by atoms with Crippen LogP contribution in [0.4, 0.5) is 17.1 Å². The minimum atomic E-state index is -0.570. The molecular formula is C14H10BrClN2O4. The lowest BCUT2D eigenvalue weighted by atomic mass is 10.1. The first-order valence-corrected chi connectivity index (χ1v) is 7.18. The van der Waals surface area contributed by atoms with E-state index in [-0.39, 0.29) is 16.9 Å². The summed E-state index contributed by atoms with van der Waals surface area (Å²) in [5.74, 6) is -0.570. The number of carbonyl (C=O) groups is 1. The molecule has 2 rings (SSSR count). The van der Waals surface area contributed by atoms with Gasteiger partial charge in [0.2, 0.25) is 0 Å². The SMILES string of the molecule is COC(=O)c1ccc(Cl)cc1Nc1ccc(Br)cc1[N+](=O)[O-]. The standard InChI is InChI=1S/C14H10BrClN2O4/c1-22-14(19)10-4-3-9(16)7-12(10)17-11-5-2-8(15)6-13(11)18(20)21/h2-7,17H,1H3. The van der Waals surface area contributed by atoms with Crippen molar-refractivity contribution in [3.05, 3.63) is 61.6 Å². The molecule has 0 amide bonds. The van der Waals surface area contributed by atoms with E-state index in [2.05, 4.69) is 26.0 Å². The van der Waals surface area contributed by atoms with Crippen LogP contribution in [0.1, 0.15) is 10.4 Å². The Morgan fingerprint density at radius 2 is 2.00 bits per heavy atom. The van der Waals surface area contributed by atoms with Crippen molar-refractivity contribution < 1.29 is 14.5 Å². The highest BCUT2D eigenvalue weighted by molar-refractivity contribution is 9.10. The predicted molar refractivity (Wildman–Crippen MR) is 86.9 cm³/mol. The summed E-state index contributed by atoms with van der Waals surface area (Å²) < 4.78 is 5.26. The number of hydrogen-bond acceptors (Lipinski definition) is 5. The molecule has 2 aromatic rings. The third-order valence-corrected chi connectivity index (χ3v) is 3.54. The van der Waals surface area contributed by atoms with Crippen molar-refractivity contribution >= 4 is 50.6 Å². The largest absolute Gasteiger partial charge is 0.465 e. The predicted octanol–water partition coefficient (Wildman–Crippen LogP) is 4.54. The van der Waals surface area contributed by atoms with Gasteiger partial charge < -0.3 is 10.1 Å². The van der Waals surface area contributed by atoms with E-state index < -0.39 is 10.9 Å². The molecule has 8 heteroatoms. The average Bonchev–Trinajstić information content (AvgIpc) is 2.48. The summed E-state index contributed by atoms with van der Waals surface area (Å²) in [6.45, 7) is 0. The molecule has 0 aliphatic carbocycles. The first kappa shape index (κ1) is 16.3. The molecule has 0 aliphatic heterocycles. The maximum Gasteiger partial charge on any atom is 0.339 e. The minimum Gasteiger partial charge on any atom is -0.465 e. The van der Waals surface area contributed by atoms with E-state index >= 15 is 0 Å². The van der Waals surface area contributed by atoms with Gasteiger partial charge in [-0.1, -0.05) is 27.5 Å². The third kappa shape index (κ3) is 3.55. The third-order valence-electron chi connectivity index (χ3n) is 2.81. The Kier molecular flexibility index (Phi) is 4.99. The van der Waals surface area contributed by atoms with Crippen LogP contribution in [0.3, 0.4) is 0 Å². The maximum atomic E-state index is 11.8. The van der Waals surface area contributed by atoms with Gasteiger partial charge in [0.05, 0.1) is 23.3 Å². The quantitative estimate of drug-likeness (QED) is 0.475. The fraction of sp³-hybridized carbons (Fsp3) is 0.0714. The van der Waals surface area contributed by atoms with Crippen molar-refractivity contribution in [2.24, 2.45) is 0 Å². The Balaban J connectivity index is 2.49. The molecule has 0 saturated carbocycles. The summed E-state index contributed by atoms with van der Waals surface area (Å²) in [6.07, 6.45) is 0. The Morgan fingerprint density at radius 3 is 2.64 bits per heavy atom. The van der Waals surface area contributed by atoms with Crippen molar-refractivity contribution in [2.75, 3.05) is 12.4 Å². The second-order valence-corrected chi connectivity index (χ2v) is 5.58. The van der Waals surface area contributed by atoms with Crippen LogP contribution in [0.5, 0.6) is 0 Å². The van der Waals surface area contributed by atoms with E-state index in [1.54, 1.807) is 6.07 Å². The van der Waals surface area contributed by atoms with Gasteiger partial charge in [0.25, 0.3) is 5.69 Å². The highest BCUT2D eigenvalue weighted by atomic mass is 79.9. The van der Waals surface area contributed by atoms with E-state index in [9.17, 15) is 14.9 Å². The molecule has 0 fully saturated rings. The summed E-state index contributed by atoms with van der Waals surface area (Å²) in [5.41, 5.74) is 0.652. The Hall–Kier alpha value is -2.12. The second-order valence-electron chi connectivity index (χ2n) is 4.23.